The molecule has 44 valence electrons. The van der Waals surface area contributed by atoms with Crippen molar-refractivity contribution >= 4 is 6.08 Å². The second-order valence-corrected chi connectivity index (χ2v) is 1.61. The lowest BCUT2D eigenvalue weighted by molar-refractivity contribution is 1.67. The van der Waals surface area contributed by atoms with Crippen LogP contribution in [0.4, 0.5) is 0 Å². The van der Waals surface area contributed by atoms with Gasteiger partial charge in [0.2, 0.25) is 0 Å². The fourth-order valence-electron chi connectivity index (χ4n) is 0.589. The first-order valence-electron chi connectivity index (χ1n) is 2.61. The maximum Gasteiger partial charge on any atom is 0 e. The van der Waals surface area contributed by atoms with E-state index in [-0.39, 0.29) is 7.43 Å². The predicted octanol–water partition coefficient (Wildman–Crippen LogP) is 2.41. The number of hydrogen-bond donors (Lipinski definition) is 0. The molecule has 0 aliphatic rings. The van der Waals surface area contributed by atoms with E-state index in [9.17, 15) is 0 Å². The van der Waals surface area contributed by atoms with Crippen molar-refractivity contribution in [2.24, 2.45) is 0 Å². The fraction of sp³-hybridized carbons (Fsp3) is 0. The Hall–Kier alpha value is -1.04. The first kappa shape index (κ1) is 7.96. The van der Waals surface area contributed by atoms with Gasteiger partial charge >= 0.3 is 0 Å². The van der Waals surface area contributed by atoms with Crippen LogP contribution in [0.15, 0.2) is 36.9 Å². The van der Waals surface area contributed by atoms with Crippen molar-refractivity contribution in [3.05, 3.63) is 49.9 Å². The Labute approximate surface area is 56.8 Å². The highest BCUT2D eigenvalue weighted by molar-refractivity contribution is 5.45. The summed E-state index contributed by atoms with van der Waals surface area (Å²) in [6.07, 6.45) is 1.83. The average Bonchev–Trinajstić information content (AvgIpc) is 1.90. The minimum absolute atomic E-state index is 0. The Kier molecular flexibility index (Phi) is 3.45. The van der Waals surface area contributed by atoms with Gasteiger partial charge < -0.3 is 0 Å². The van der Waals surface area contributed by atoms with Crippen molar-refractivity contribution < 1.29 is 0 Å². The highest BCUT2D eigenvalue weighted by atomic mass is 13.8. The van der Waals surface area contributed by atoms with Gasteiger partial charge in [-0.25, -0.2) is 0 Å². The zero-order valence-electron chi connectivity index (χ0n) is 5.17. The van der Waals surface area contributed by atoms with Gasteiger partial charge in [-0.15, -0.1) is 0 Å². The Balaban J connectivity index is 0.000000640. The van der Waals surface area contributed by atoms with Gasteiger partial charge in [0.05, 0.1) is 0 Å². The normalized spacial score (nSPS) is 7.56. The van der Waals surface area contributed by atoms with Crippen LogP contribution in [0.1, 0.15) is 5.56 Å². The largest absolute Gasteiger partial charge is 0.0985 e. The predicted molar refractivity (Wildman–Crippen MR) is 39.8 cm³/mol. The topological polar surface area (TPSA) is 0 Å². The molecule has 0 bridgehead atoms. The molecule has 1 aromatic rings. The molecule has 0 saturated carbocycles. The maximum atomic E-state index is 3.63. The molecule has 0 N–H and O–H groups in total. The van der Waals surface area contributed by atoms with Crippen LogP contribution in [-0.2, 0) is 0 Å². The van der Waals surface area contributed by atoms with E-state index in [1.165, 1.54) is 5.56 Å². The van der Waals surface area contributed by atoms with Crippen LogP contribution < -0.4 is 0 Å². The average molecular weight is 116 g/mol. The zero-order chi connectivity index (χ0) is 5.82. The van der Waals surface area contributed by atoms with Crippen LogP contribution >= 0.6 is 0 Å². The first-order chi connectivity index (χ1) is 3.93. The zero-order valence-corrected chi connectivity index (χ0v) is 5.17. The van der Waals surface area contributed by atoms with E-state index in [2.05, 4.69) is 6.58 Å². The van der Waals surface area contributed by atoms with Crippen LogP contribution in [0.3, 0.4) is 0 Å². The highest BCUT2D eigenvalue weighted by Crippen LogP contribution is 1.97. The molecule has 1 aromatic carbocycles. The van der Waals surface area contributed by atoms with E-state index in [0.29, 0.717) is 0 Å². The van der Waals surface area contributed by atoms with Crippen molar-refractivity contribution in [3.63, 3.8) is 0 Å². The van der Waals surface area contributed by atoms with Crippen LogP contribution in [0, 0.1) is 7.43 Å². The second kappa shape index (κ2) is 3.90. The van der Waals surface area contributed by atoms with Crippen LogP contribution in [0.2, 0.25) is 0 Å². The van der Waals surface area contributed by atoms with Crippen LogP contribution in [0.25, 0.3) is 6.08 Å². The molecule has 0 aromatic heterocycles. The molecule has 0 aliphatic heterocycles. The minimum Gasteiger partial charge on any atom is -0.0985 e. The summed E-state index contributed by atoms with van der Waals surface area (Å²) in [7, 11) is 0. The van der Waals surface area contributed by atoms with E-state index in [1.807, 2.05) is 36.4 Å². The molecule has 0 amide bonds. The Morgan fingerprint density at radius 2 is 1.67 bits per heavy atom. The van der Waals surface area contributed by atoms with Crippen molar-refractivity contribution in [2.75, 3.05) is 0 Å². The number of rotatable bonds is 1. The molecule has 1 rings (SSSR count). The monoisotopic (exact) mass is 116 g/mol. The van der Waals surface area contributed by atoms with E-state index in [1.54, 1.807) is 0 Å². The highest BCUT2D eigenvalue weighted by Gasteiger charge is 1.75. The number of benzene rings is 1. The first-order valence-corrected chi connectivity index (χ1v) is 2.61. The van der Waals surface area contributed by atoms with Gasteiger partial charge in [0.25, 0.3) is 0 Å². The van der Waals surface area contributed by atoms with E-state index in [4.69, 9.17) is 0 Å². The van der Waals surface area contributed by atoms with E-state index in [0.717, 1.165) is 0 Å². The van der Waals surface area contributed by atoms with Gasteiger partial charge in [0.1, 0.15) is 0 Å². The molecule has 0 atom stereocenters. The lowest BCUT2D eigenvalue weighted by Crippen LogP contribution is -1.63. The molecule has 9 heavy (non-hydrogen) atoms. The molecule has 0 spiro atoms. The van der Waals surface area contributed by atoms with Gasteiger partial charge in [-0.2, -0.15) is 0 Å². The van der Waals surface area contributed by atoms with Gasteiger partial charge in [-0.05, 0) is 5.56 Å². The van der Waals surface area contributed by atoms with Crippen LogP contribution in [0.5, 0.6) is 0 Å². The molecule has 0 saturated heterocycles. The summed E-state index contributed by atoms with van der Waals surface area (Å²) in [5, 5.41) is 0. The molecule has 0 unspecified atom stereocenters. The quantitative estimate of drug-likeness (QED) is 0.528. The molecule has 4 radical (unpaired) electrons. The fourth-order valence-corrected chi connectivity index (χ4v) is 0.589. The van der Waals surface area contributed by atoms with E-state index >= 15 is 0 Å². The van der Waals surface area contributed by atoms with Crippen molar-refractivity contribution in [2.45, 2.75) is 0 Å². The third-order valence-electron chi connectivity index (χ3n) is 1.04. The van der Waals surface area contributed by atoms with Crippen molar-refractivity contribution in [1.82, 2.24) is 0 Å². The van der Waals surface area contributed by atoms with Gasteiger partial charge in [-0.1, -0.05) is 43.0 Å². The second-order valence-electron chi connectivity index (χ2n) is 1.61. The lowest BCUT2D eigenvalue weighted by Gasteiger charge is -1.85. The molecular formula is C9H8. The molecule has 0 aliphatic carbocycles. The molecule has 0 fully saturated rings. The van der Waals surface area contributed by atoms with Gasteiger partial charge in [-0.3, -0.25) is 0 Å². The minimum atomic E-state index is 0. The van der Waals surface area contributed by atoms with E-state index < -0.39 is 0 Å². The van der Waals surface area contributed by atoms with Crippen molar-refractivity contribution in [1.29, 1.82) is 0 Å². The number of hydrogen-bond acceptors (Lipinski definition) is 0. The summed E-state index contributed by atoms with van der Waals surface area (Å²) in [6.45, 7) is 3.63. The van der Waals surface area contributed by atoms with Crippen molar-refractivity contribution in [3.8, 4) is 0 Å². The third kappa shape index (κ3) is 2.13. The van der Waals surface area contributed by atoms with Gasteiger partial charge in [0, 0.05) is 7.43 Å². The SMILES string of the molecule is C=Cc1ccccc1.[C]. The molecule has 0 nitrogen and oxygen atoms in total. The summed E-state index contributed by atoms with van der Waals surface area (Å²) in [5.74, 6) is 0. The molecule has 0 heterocycles. The summed E-state index contributed by atoms with van der Waals surface area (Å²) < 4.78 is 0. The Morgan fingerprint density at radius 1 is 1.11 bits per heavy atom. The molecule has 0 heteroatoms. The summed E-state index contributed by atoms with van der Waals surface area (Å²) in [6, 6.07) is 10.0. The Bertz CT molecular complexity index is 163. The maximum absolute atomic E-state index is 3.63. The summed E-state index contributed by atoms with van der Waals surface area (Å²) >= 11 is 0. The lowest BCUT2D eigenvalue weighted by atomic mass is 10.2. The summed E-state index contributed by atoms with van der Waals surface area (Å²) in [4.78, 5) is 0. The summed E-state index contributed by atoms with van der Waals surface area (Å²) in [5.41, 5.74) is 1.17. The third-order valence-corrected chi connectivity index (χ3v) is 1.04. The molecular weight excluding hydrogens is 108 g/mol. The Morgan fingerprint density at radius 3 is 2.00 bits per heavy atom. The van der Waals surface area contributed by atoms with Gasteiger partial charge in [0.15, 0.2) is 0 Å². The standard InChI is InChI=1S/C8H8.C/c1-2-8-6-4-3-5-7-8;/h2-7H,1H2;. The smallest absolute Gasteiger partial charge is 0 e. The van der Waals surface area contributed by atoms with Crippen LogP contribution in [-0.4, -0.2) is 0 Å².